The Labute approximate surface area is 194 Å². The number of rotatable bonds is 10. The van der Waals surface area contributed by atoms with E-state index in [0.29, 0.717) is 25.4 Å². The van der Waals surface area contributed by atoms with Crippen LogP contribution >= 0.6 is 0 Å². The summed E-state index contributed by atoms with van der Waals surface area (Å²) in [5.74, 6) is -0.0658. The third-order valence-corrected chi connectivity index (χ3v) is 5.61. The lowest BCUT2D eigenvalue weighted by molar-refractivity contribution is -0.147. The number of aliphatic hydroxyl groups is 1. The number of piperazine rings is 1. The molecule has 33 heavy (non-hydrogen) atoms. The molecular weight excluding hydrogens is 424 g/mol. The number of β-amino-alcohol motifs (C(OH)–C–C–N with tert-alkyl or cyclic N) is 1. The van der Waals surface area contributed by atoms with Gasteiger partial charge in [-0.25, -0.2) is 4.98 Å². The molecule has 1 unspecified atom stereocenters. The number of aryl methyl sites for hydroxylation is 2. The van der Waals surface area contributed by atoms with Crippen molar-refractivity contribution in [2.45, 2.75) is 46.3 Å². The van der Waals surface area contributed by atoms with E-state index in [4.69, 9.17) is 9.15 Å². The van der Waals surface area contributed by atoms with Crippen LogP contribution in [0.2, 0.25) is 0 Å². The summed E-state index contributed by atoms with van der Waals surface area (Å²) in [5.41, 5.74) is 3.08. The highest BCUT2D eigenvalue weighted by Gasteiger charge is 2.22. The first-order valence-electron chi connectivity index (χ1n) is 11.5. The Kier molecular flexibility index (Phi) is 8.99. The quantitative estimate of drug-likeness (QED) is 0.523. The number of hydrogen-bond acceptors (Lipinski definition) is 8. The van der Waals surface area contributed by atoms with E-state index in [9.17, 15) is 14.7 Å². The first kappa shape index (κ1) is 24.9. The molecule has 0 bridgehead atoms. The molecule has 180 valence electrons. The summed E-state index contributed by atoms with van der Waals surface area (Å²) in [6.07, 6.45) is 1.81. The van der Waals surface area contributed by atoms with Gasteiger partial charge in [0.15, 0.2) is 5.69 Å². The fourth-order valence-electron chi connectivity index (χ4n) is 3.68. The molecule has 2 heterocycles. The Bertz CT molecular complexity index is 937. The van der Waals surface area contributed by atoms with Gasteiger partial charge in [0.05, 0.1) is 6.54 Å². The fraction of sp³-hybridized carbons (Fsp3) is 0.542. The topological polar surface area (TPSA) is 108 Å². The normalized spacial score (nSPS) is 15.9. The van der Waals surface area contributed by atoms with Crippen LogP contribution in [-0.4, -0.2) is 77.2 Å². The number of oxazole rings is 1. The fourth-order valence-corrected chi connectivity index (χ4v) is 3.68. The second-order valence-electron chi connectivity index (χ2n) is 8.56. The number of esters is 1. The Morgan fingerprint density at radius 3 is 2.67 bits per heavy atom. The number of ether oxygens (including phenoxy) is 1. The molecule has 9 heteroatoms. The summed E-state index contributed by atoms with van der Waals surface area (Å²) in [6.45, 7) is 9.98. The van der Waals surface area contributed by atoms with Gasteiger partial charge in [0.25, 0.3) is 5.91 Å². The summed E-state index contributed by atoms with van der Waals surface area (Å²) in [5, 5.41) is 13.0. The first-order chi connectivity index (χ1) is 15.8. The van der Waals surface area contributed by atoms with Gasteiger partial charge in [-0.3, -0.25) is 19.4 Å². The maximum absolute atomic E-state index is 12.6. The molecule has 2 N–H and O–H groups in total. The summed E-state index contributed by atoms with van der Waals surface area (Å²) >= 11 is 0. The minimum absolute atomic E-state index is 0.0300. The van der Waals surface area contributed by atoms with Crippen LogP contribution in [0, 0.1) is 13.8 Å². The van der Waals surface area contributed by atoms with Gasteiger partial charge < -0.3 is 19.6 Å². The van der Waals surface area contributed by atoms with E-state index in [0.717, 1.165) is 49.4 Å². The lowest BCUT2D eigenvalue weighted by Gasteiger charge is -2.34. The van der Waals surface area contributed by atoms with Crippen molar-refractivity contribution in [1.82, 2.24) is 14.8 Å². The van der Waals surface area contributed by atoms with Crippen LogP contribution in [0.3, 0.4) is 0 Å². The molecular formula is C24H34N4O5. The molecule has 1 aromatic carbocycles. The second-order valence-corrected chi connectivity index (χ2v) is 8.56. The molecule has 2 aromatic rings. The van der Waals surface area contributed by atoms with Crippen molar-refractivity contribution < 1.29 is 23.8 Å². The number of carbonyl (C=O) groups excluding carboxylic acids is 2. The van der Waals surface area contributed by atoms with Crippen molar-refractivity contribution in [3.05, 3.63) is 47.2 Å². The van der Waals surface area contributed by atoms with Crippen LogP contribution in [0.25, 0.3) is 0 Å². The summed E-state index contributed by atoms with van der Waals surface area (Å²) in [6, 6.07) is 5.90. The zero-order chi connectivity index (χ0) is 23.8. The SMILES string of the molecule is CCCC(=O)OCC(O)CN1CCN(Cc2nc(C(=O)Nc3cc(C)ccc3C)co2)CC1. The van der Waals surface area contributed by atoms with Gasteiger partial charge in [-0.05, 0) is 37.5 Å². The van der Waals surface area contributed by atoms with E-state index >= 15 is 0 Å². The maximum Gasteiger partial charge on any atom is 0.305 e. The Hall–Kier alpha value is -2.75. The molecule has 1 aromatic heterocycles. The third-order valence-electron chi connectivity index (χ3n) is 5.61. The van der Waals surface area contributed by atoms with Crippen LogP contribution in [-0.2, 0) is 16.1 Å². The molecule has 1 atom stereocenters. The molecule has 0 spiro atoms. The van der Waals surface area contributed by atoms with E-state index in [1.54, 1.807) is 0 Å². The largest absolute Gasteiger partial charge is 0.463 e. The van der Waals surface area contributed by atoms with E-state index < -0.39 is 6.10 Å². The second kappa shape index (κ2) is 11.9. The number of aliphatic hydroxyl groups excluding tert-OH is 1. The number of benzene rings is 1. The first-order valence-corrected chi connectivity index (χ1v) is 11.5. The summed E-state index contributed by atoms with van der Waals surface area (Å²) < 4.78 is 10.6. The number of anilines is 1. The highest BCUT2D eigenvalue weighted by atomic mass is 16.5. The van der Waals surface area contributed by atoms with Crippen molar-refractivity contribution in [3.63, 3.8) is 0 Å². The van der Waals surface area contributed by atoms with E-state index in [2.05, 4.69) is 20.1 Å². The van der Waals surface area contributed by atoms with Gasteiger partial charge in [-0.1, -0.05) is 19.1 Å². The van der Waals surface area contributed by atoms with Gasteiger partial charge in [0, 0.05) is 44.8 Å². The number of aromatic nitrogens is 1. The smallest absolute Gasteiger partial charge is 0.305 e. The third kappa shape index (κ3) is 7.66. The monoisotopic (exact) mass is 458 g/mol. The number of nitrogens with zero attached hydrogens (tertiary/aromatic N) is 3. The predicted molar refractivity (Wildman–Crippen MR) is 124 cm³/mol. The van der Waals surface area contributed by atoms with Crippen LogP contribution in [0.15, 0.2) is 28.9 Å². The number of nitrogens with one attached hydrogen (secondary N) is 1. The van der Waals surface area contributed by atoms with E-state index in [1.165, 1.54) is 6.26 Å². The van der Waals surface area contributed by atoms with Crippen molar-refractivity contribution in [2.75, 3.05) is 44.6 Å². The molecule has 0 aliphatic carbocycles. The van der Waals surface area contributed by atoms with Crippen LogP contribution in [0.5, 0.6) is 0 Å². The minimum Gasteiger partial charge on any atom is -0.463 e. The van der Waals surface area contributed by atoms with E-state index in [1.807, 2.05) is 39.0 Å². The lowest BCUT2D eigenvalue weighted by Crippen LogP contribution is -2.48. The van der Waals surface area contributed by atoms with E-state index in [-0.39, 0.29) is 24.2 Å². The van der Waals surface area contributed by atoms with Gasteiger partial charge in [0.1, 0.15) is 19.0 Å². The highest BCUT2D eigenvalue weighted by Crippen LogP contribution is 2.18. The van der Waals surface area contributed by atoms with Crippen molar-refractivity contribution in [1.29, 1.82) is 0 Å². The standard InChI is InChI=1S/C24H34N4O5/c1-4-5-23(30)33-15-19(29)13-27-8-10-28(11-9-27)14-22-25-21(16-32-22)24(31)26-20-12-17(2)6-7-18(20)3/h6-7,12,16,19,29H,4-5,8-11,13-15H2,1-3H3,(H,26,31). The summed E-state index contributed by atoms with van der Waals surface area (Å²) in [7, 11) is 0. The molecule has 1 aliphatic rings. The van der Waals surface area contributed by atoms with Gasteiger partial charge in [-0.15, -0.1) is 0 Å². The van der Waals surface area contributed by atoms with Crippen LogP contribution in [0.4, 0.5) is 5.69 Å². The maximum atomic E-state index is 12.6. The molecule has 0 radical (unpaired) electrons. The number of hydrogen-bond donors (Lipinski definition) is 2. The van der Waals surface area contributed by atoms with Gasteiger partial charge >= 0.3 is 5.97 Å². The van der Waals surface area contributed by atoms with Gasteiger partial charge in [0.2, 0.25) is 5.89 Å². The average molecular weight is 459 g/mol. The molecule has 1 fully saturated rings. The predicted octanol–water partition coefficient (Wildman–Crippen LogP) is 2.37. The molecule has 1 saturated heterocycles. The lowest BCUT2D eigenvalue weighted by atomic mass is 10.1. The van der Waals surface area contributed by atoms with Crippen LogP contribution < -0.4 is 5.32 Å². The Balaban J connectivity index is 1.42. The zero-order valence-electron chi connectivity index (χ0n) is 19.7. The summed E-state index contributed by atoms with van der Waals surface area (Å²) in [4.78, 5) is 32.7. The minimum atomic E-state index is -0.692. The molecule has 3 rings (SSSR count). The number of carbonyl (C=O) groups is 2. The number of amides is 1. The Morgan fingerprint density at radius 1 is 1.21 bits per heavy atom. The highest BCUT2D eigenvalue weighted by molar-refractivity contribution is 6.03. The molecule has 1 amide bonds. The molecule has 1 aliphatic heterocycles. The molecule has 9 nitrogen and oxygen atoms in total. The van der Waals surface area contributed by atoms with Crippen molar-refractivity contribution in [3.8, 4) is 0 Å². The van der Waals surface area contributed by atoms with Crippen molar-refractivity contribution >= 4 is 17.6 Å². The van der Waals surface area contributed by atoms with Crippen LogP contribution in [0.1, 0.15) is 47.3 Å². The van der Waals surface area contributed by atoms with Gasteiger partial charge in [-0.2, -0.15) is 0 Å². The molecule has 0 saturated carbocycles. The zero-order valence-corrected chi connectivity index (χ0v) is 19.7. The average Bonchev–Trinajstić information content (AvgIpc) is 3.25. The van der Waals surface area contributed by atoms with Crippen molar-refractivity contribution in [2.24, 2.45) is 0 Å². The Morgan fingerprint density at radius 2 is 1.94 bits per heavy atom.